The van der Waals surface area contributed by atoms with Gasteiger partial charge in [0.05, 0.1) is 18.8 Å². The van der Waals surface area contributed by atoms with E-state index < -0.39 is 0 Å². The molecule has 3 fully saturated rings. The number of amides is 1. The van der Waals surface area contributed by atoms with E-state index in [1.165, 1.54) is 4.88 Å². The Labute approximate surface area is 160 Å². The van der Waals surface area contributed by atoms with Gasteiger partial charge in [-0.2, -0.15) is 0 Å². The van der Waals surface area contributed by atoms with E-state index in [4.69, 9.17) is 9.47 Å². The SMILES string of the molecule is O=C(CC1CCOC2(CCN(Cc3cccs3)CC2)C1)N1CCOCC1. The number of hydrogen-bond donors (Lipinski definition) is 0. The summed E-state index contributed by atoms with van der Waals surface area (Å²) in [6.45, 7) is 6.95. The van der Waals surface area contributed by atoms with E-state index in [2.05, 4.69) is 22.4 Å². The van der Waals surface area contributed by atoms with Crippen LogP contribution in [0.3, 0.4) is 0 Å². The second-order valence-electron chi connectivity index (χ2n) is 7.94. The zero-order chi connectivity index (χ0) is 17.8. The van der Waals surface area contributed by atoms with Crippen LogP contribution in [0.25, 0.3) is 0 Å². The Hall–Kier alpha value is -0.950. The summed E-state index contributed by atoms with van der Waals surface area (Å²) in [4.78, 5) is 18.6. The molecule has 1 aromatic heterocycles. The molecule has 3 saturated heterocycles. The number of piperidine rings is 1. The van der Waals surface area contributed by atoms with Crippen molar-refractivity contribution in [3.63, 3.8) is 0 Å². The minimum Gasteiger partial charge on any atom is -0.378 e. The van der Waals surface area contributed by atoms with Crippen LogP contribution in [-0.4, -0.2) is 67.3 Å². The van der Waals surface area contributed by atoms with Crippen molar-refractivity contribution in [1.29, 1.82) is 0 Å². The number of morpholine rings is 1. The first-order chi connectivity index (χ1) is 12.7. The molecule has 0 bridgehead atoms. The Bertz CT molecular complexity index is 578. The number of rotatable bonds is 4. The minimum absolute atomic E-state index is 0.0140. The average Bonchev–Trinajstić information content (AvgIpc) is 3.18. The first kappa shape index (κ1) is 18.4. The molecule has 0 N–H and O–H groups in total. The lowest BCUT2D eigenvalue weighted by molar-refractivity contribution is -0.145. The average molecular weight is 379 g/mol. The first-order valence-corrected chi connectivity index (χ1v) is 10.8. The molecule has 1 atom stereocenters. The van der Waals surface area contributed by atoms with Crippen LogP contribution in [0.1, 0.15) is 37.0 Å². The number of likely N-dealkylation sites (tertiary alicyclic amines) is 1. The summed E-state index contributed by atoms with van der Waals surface area (Å²) in [6.07, 6.45) is 4.96. The van der Waals surface area contributed by atoms with E-state index in [0.29, 0.717) is 31.5 Å². The molecule has 3 aliphatic heterocycles. The maximum absolute atomic E-state index is 12.6. The van der Waals surface area contributed by atoms with E-state index in [1.54, 1.807) is 0 Å². The number of thiophene rings is 1. The molecule has 144 valence electrons. The van der Waals surface area contributed by atoms with Crippen molar-refractivity contribution in [1.82, 2.24) is 9.80 Å². The van der Waals surface area contributed by atoms with Gasteiger partial charge in [-0.05, 0) is 43.0 Å². The largest absolute Gasteiger partial charge is 0.378 e. The molecule has 1 aromatic rings. The van der Waals surface area contributed by atoms with Gasteiger partial charge in [0.15, 0.2) is 0 Å². The molecule has 3 aliphatic rings. The van der Waals surface area contributed by atoms with Gasteiger partial charge in [0.25, 0.3) is 0 Å². The summed E-state index contributed by atoms with van der Waals surface area (Å²) in [6, 6.07) is 4.35. The molecular formula is C20H30N2O3S. The highest BCUT2D eigenvalue weighted by Gasteiger charge is 2.41. The molecule has 0 saturated carbocycles. The second-order valence-corrected chi connectivity index (χ2v) is 8.98. The molecule has 26 heavy (non-hydrogen) atoms. The molecular weight excluding hydrogens is 348 g/mol. The van der Waals surface area contributed by atoms with Crippen LogP contribution in [0.2, 0.25) is 0 Å². The standard InChI is InChI=1S/C20H30N2O3S/c23-19(22-8-11-24-12-9-22)14-17-3-10-25-20(15-17)4-6-21(7-5-20)16-18-2-1-13-26-18/h1-2,13,17H,3-12,14-16H2. The van der Waals surface area contributed by atoms with Crippen LogP contribution in [0, 0.1) is 5.92 Å². The van der Waals surface area contributed by atoms with Crippen molar-refractivity contribution < 1.29 is 14.3 Å². The molecule has 4 rings (SSSR count). The van der Waals surface area contributed by atoms with Crippen LogP contribution < -0.4 is 0 Å². The monoisotopic (exact) mass is 378 g/mol. The van der Waals surface area contributed by atoms with Gasteiger partial charge >= 0.3 is 0 Å². The van der Waals surface area contributed by atoms with Gasteiger partial charge in [-0.15, -0.1) is 11.3 Å². The third kappa shape index (κ3) is 4.47. The third-order valence-electron chi connectivity index (χ3n) is 6.15. The fourth-order valence-electron chi connectivity index (χ4n) is 4.58. The normalized spacial score (nSPS) is 26.9. The molecule has 1 amide bonds. The Morgan fingerprint density at radius 3 is 2.73 bits per heavy atom. The van der Waals surface area contributed by atoms with E-state index in [1.807, 2.05) is 16.2 Å². The van der Waals surface area contributed by atoms with Gasteiger partial charge in [-0.25, -0.2) is 0 Å². The van der Waals surface area contributed by atoms with E-state index in [-0.39, 0.29) is 5.60 Å². The number of nitrogens with zero attached hydrogens (tertiary/aromatic N) is 2. The zero-order valence-corrected chi connectivity index (χ0v) is 16.3. The lowest BCUT2D eigenvalue weighted by Crippen LogP contribution is -2.50. The molecule has 6 heteroatoms. The van der Waals surface area contributed by atoms with Crippen molar-refractivity contribution in [2.75, 3.05) is 46.0 Å². The van der Waals surface area contributed by atoms with Gasteiger partial charge < -0.3 is 14.4 Å². The van der Waals surface area contributed by atoms with Crippen molar-refractivity contribution in [3.8, 4) is 0 Å². The number of hydrogen-bond acceptors (Lipinski definition) is 5. The molecule has 5 nitrogen and oxygen atoms in total. The molecule has 1 spiro atoms. The topological polar surface area (TPSA) is 42.0 Å². The van der Waals surface area contributed by atoms with Crippen LogP contribution in [-0.2, 0) is 20.8 Å². The lowest BCUT2D eigenvalue weighted by Gasteiger charge is -2.46. The Balaban J connectivity index is 1.27. The fraction of sp³-hybridized carbons (Fsp3) is 0.750. The maximum atomic E-state index is 12.6. The molecule has 1 unspecified atom stereocenters. The number of carbonyl (C=O) groups excluding carboxylic acids is 1. The Morgan fingerprint density at radius 1 is 1.19 bits per heavy atom. The predicted molar refractivity (Wildman–Crippen MR) is 102 cm³/mol. The summed E-state index contributed by atoms with van der Waals surface area (Å²) in [5, 5.41) is 2.15. The van der Waals surface area contributed by atoms with Crippen molar-refractivity contribution in [3.05, 3.63) is 22.4 Å². The van der Waals surface area contributed by atoms with Crippen LogP contribution in [0.15, 0.2) is 17.5 Å². The lowest BCUT2D eigenvalue weighted by atomic mass is 9.78. The van der Waals surface area contributed by atoms with Gasteiger partial charge in [0.1, 0.15) is 0 Å². The number of ether oxygens (including phenoxy) is 2. The third-order valence-corrected chi connectivity index (χ3v) is 7.01. The van der Waals surface area contributed by atoms with Crippen LogP contribution in [0.4, 0.5) is 0 Å². The molecule has 0 radical (unpaired) electrons. The van der Waals surface area contributed by atoms with E-state index in [9.17, 15) is 4.79 Å². The molecule has 4 heterocycles. The van der Waals surface area contributed by atoms with Crippen molar-refractivity contribution in [2.45, 2.75) is 44.2 Å². The Morgan fingerprint density at radius 2 is 2.00 bits per heavy atom. The highest BCUT2D eigenvalue weighted by Crippen LogP contribution is 2.39. The van der Waals surface area contributed by atoms with Crippen LogP contribution in [0.5, 0.6) is 0 Å². The van der Waals surface area contributed by atoms with Crippen molar-refractivity contribution >= 4 is 17.2 Å². The van der Waals surface area contributed by atoms with Gasteiger partial charge in [-0.3, -0.25) is 9.69 Å². The summed E-state index contributed by atoms with van der Waals surface area (Å²) >= 11 is 1.84. The highest BCUT2D eigenvalue weighted by atomic mass is 32.1. The zero-order valence-electron chi connectivity index (χ0n) is 15.5. The van der Waals surface area contributed by atoms with Gasteiger partial charge in [-0.1, -0.05) is 6.07 Å². The Kier molecular flexibility index (Phi) is 5.93. The fourth-order valence-corrected chi connectivity index (χ4v) is 5.33. The van der Waals surface area contributed by atoms with Gasteiger partial charge in [0, 0.05) is 50.6 Å². The second kappa shape index (κ2) is 8.38. The van der Waals surface area contributed by atoms with E-state index in [0.717, 1.165) is 65.0 Å². The molecule has 0 aromatic carbocycles. The first-order valence-electron chi connectivity index (χ1n) is 9.97. The minimum atomic E-state index is 0.0140. The summed E-state index contributed by atoms with van der Waals surface area (Å²) in [7, 11) is 0. The predicted octanol–water partition coefficient (Wildman–Crippen LogP) is 2.76. The quantitative estimate of drug-likeness (QED) is 0.808. The van der Waals surface area contributed by atoms with Crippen LogP contribution >= 0.6 is 11.3 Å². The summed E-state index contributed by atoms with van der Waals surface area (Å²) in [5.41, 5.74) is 0.0140. The van der Waals surface area contributed by atoms with Gasteiger partial charge in [0.2, 0.25) is 5.91 Å². The van der Waals surface area contributed by atoms with Crippen molar-refractivity contribution in [2.24, 2.45) is 5.92 Å². The maximum Gasteiger partial charge on any atom is 0.223 e. The summed E-state index contributed by atoms with van der Waals surface area (Å²) in [5.74, 6) is 0.786. The molecule has 0 aliphatic carbocycles. The highest BCUT2D eigenvalue weighted by molar-refractivity contribution is 7.09. The van der Waals surface area contributed by atoms with E-state index >= 15 is 0 Å². The summed E-state index contributed by atoms with van der Waals surface area (Å²) < 4.78 is 11.6. The smallest absolute Gasteiger partial charge is 0.223 e. The number of carbonyl (C=O) groups is 1.